The van der Waals surface area contributed by atoms with Crippen LogP contribution in [0.4, 0.5) is 0 Å². The first-order valence-electron chi connectivity index (χ1n) is 59.9. The summed E-state index contributed by atoms with van der Waals surface area (Å²) in [5, 5.41) is 27.7. The highest BCUT2D eigenvalue weighted by atomic mass is 28.3. The number of hydrogen-bond acceptors (Lipinski definition) is 0. The fourth-order valence-corrected chi connectivity index (χ4v) is 112. The van der Waals surface area contributed by atoms with Gasteiger partial charge in [0.25, 0.3) is 0 Å². The molecule has 8 aromatic carbocycles. The largest absolute Gasteiger partial charge is 0.242 e. The Morgan fingerprint density at radius 2 is 0.268 bits per heavy atom. The second-order valence-corrected chi connectivity index (χ2v) is 117. The first-order valence-corrected chi connectivity index (χ1v) is 82.2. The molecule has 12 heteroatoms. The predicted octanol–water partition coefficient (Wildman–Crippen LogP) is 34.4. The molecule has 8 aromatic rings. The highest BCUT2D eigenvalue weighted by molar-refractivity contribution is 7.16. The molecule has 2 aliphatic rings. The van der Waals surface area contributed by atoms with Crippen LogP contribution in [0.25, 0.3) is 54.6 Å². The van der Waals surface area contributed by atoms with Crippen LogP contribution in [0.5, 0.6) is 0 Å². The van der Waals surface area contributed by atoms with E-state index in [2.05, 4.69) is 500 Å². The smallest absolute Gasteiger partial charge is 0.0699 e. The van der Waals surface area contributed by atoms with Gasteiger partial charge in [0.1, 0.15) is 0 Å². The van der Waals surface area contributed by atoms with Crippen molar-refractivity contribution in [1.29, 1.82) is 0 Å². The molecule has 0 saturated heterocycles. The van der Waals surface area contributed by atoms with Gasteiger partial charge in [-0.05, 0) is 233 Å². The molecule has 0 bridgehead atoms. The Bertz CT molecular complexity index is 5060. The maximum absolute atomic E-state index is 3.20. The molecule has 142 heavy (non-hydrogen) atoms. The lowest BCUT2D eigenvalue weighted by Crippen LogP contribution is -2.79. The van der Waals surface area contributed by atoms with Crippen molar-refractivity contribution in [3.05, 3.63) is 84.9 Å². The van der Waals surface area contributed by atoms with Crippen LogP contribution in [0.15, 0.2) is 84.9 Å². The Morgan fingerprint density at radius 1 is 0.134 bits per heavy atom. The van der Waals surface area contributed by atoms with Gasteiger partial charge in [-0.2, -0.15) is 0 Å². The first kappa shape index (κ1) is 121. The number of rotatable bonds is 42. The van der Waals surface area contributed by atoms with E-state index in [1.54, 1.807) is 76.0 Å². The molecular formula is C130H224B2Si10. The van der Waals surface area contributed by atoms with Gasteiger partial charge in [0.05, 0.1) is 80.7 Å². The van der Waals surface area contributed by atoms with Gasteiger partial charge < -0.3 is 0 Å². The minimum atomic E-state index is -2.74. The molecule has 0 atom stereocenters. The lowest BCUT2D eigenvalue weighted by molar-refractivity contribution is 0.829. The SMILES string of the molecule is CC(C)[Si](c1cc2c(c([Si](C(C)C)(C(C)C)C(C)C)c1)B(c1c([Si](C(C)C)(C(C)C)C(C)C)cc([Si](C(C)C)(C(C)C)C(C)C)cc1[Si](C(C)C)(C(C)C)C(C)C)c1ccc3cc4c5c(ccc6cc-2c1c3c65)B(c1c([Si](C(C)C)(C(C)C)C(C)C)cc([Si](C(C)C)(C(C)C)C(C)C)cc1[Si](C(C)C)(C(C)C)C(C)C)c1c-4cc([Si](C(C)C)(C(C)C)C(C)C)cc1[Si](C(C)C)(C(C)C)C(C)C)(C(C)C)C(C)C. The van der Waals surface area contributed by atoms with Crippen molar-refractivity contribution >= 4 is 211 Å². The second-order valence-electron chi connectivity index (χ2n) is 57.9. The topological polar surface area (TPSA) is 0 Å². The van der Waals surface area contributed by atoms with Crippen LogP contribution in [-0.2, 0) is 0 Å². The maximum atomic E-state index is 3.20. The average molecular weight is 2090 g/mol. The molecule has 2 heterocycles. The van der Waals surface area contributed by atoms with Gasteiger partial charge in [-0.3, -0.25) is 0 Å². The summed E-state index contributed by atoms with van der Waals surface area (Å²) in [5.41, 5.74) is 32.0. The Morgan fingerprint density at radius 3 is 0.408 bits per heavy atom. The molecule has 2 aliphatic heterocycles. The van der Waals surface area contributed by atoms with Gasteiger partial charge in [-0.15, -0.1) is 0 Å². The van der Waals surface area contributed by atoms with Crippen molar-refractivity contribution < 1.29 is 0 Å². The van der Waals surface area contributed by atoms with Gasteiger partial charge in [-0.1, -0.05) is 573 Å². The third-order valence-corrected chi connectivity index (χ3v) is 115. The van der Waals surface area contributed by atoms with Crippen LogP contribution in [0.2, 0.25) is 166 Å². The van der Waals surface area contributed by atoms with Gasteiger partial charge in [-0.25, -0.2) is 0 Å². The van der Waals surface area contributed by atoms with Crippen molar-refractivity contribution in [1.82, 2.24) is 0 Å². The Balaban J connectivity index is 1.81. The zero-order chi connectivity index (χ0) is 108. The van der Waals surface area contributed by atoms with E-state index in [1.807, 2.05) is 52.4 Å². The molecule has 0 aliphatic carbocycles. The van der Waals surface area contributed by atoms with E-state index in [0.29, 0.717) is 166 Å². The summed E-state index contributed by atoms with van der Waals surface area (Å²) >= 11 is 0. The van der Waals surface area contributed by atoms with Gasteiger partial charge in [0.2, 0.25) is 13.4 Å². The van der Waals surface area contributed by atoms with Crippen molar-refractivity contribution in [3.8, 4) is 22.3 Å². The van der Waals surface area contributed by atoms with E-state index in [1.165, 1.54) is 10.8 Å². The monoisotopic (exact) mass is 2090 g/mol. The normalized spacial score (nSPS) is 14.9. The average Bonchev–Trinajstić information content (AvgIpc) is 0.660. The molecule has 0 aromatic heterocycles. The van der Waals surface area contributed by atoms with Crippen molar-refractivity contribution in [3.63, 3.8) is 0 Å². The summed E-state index contributed by atoms with van der Waals surface area (Å²) in [6.45, 7) is 165. The molecular weight excluding hydrogens is 1860 g/mol. The molecule has 790 valence electrons. The quantitative estimate of drug-likeness (QED) is 0.0264. The van der Waals surface area contributed by atoms with Crippen LogP contribution in [0.1, 0.15) is 415 Å². The molecule has 0 amide bonds. The Hall–Kier alpha value is -2.90. The summed E-state index contributed by atoms with van der Waals surface area (Å²) < 4.78 is 0. The zero-order valence-corrected chi connectivity index (χ0v) is 115. The Labute approximate surface area is 892 Å². The molecule has 10 rings (SSSR count). The van der Waals surface area contributed by atoms with Crippen LogP contribution >= 0.6 is 0 Å². The van der Waals surface area contributed by atoms with Crippen molar-refractivity contribution in [2.24, 2.45) is 0 Å². The number of hydrogen-bond donors (Lipinski definition) is 0. The van der Waals surface area contributed by atoms with Crippen molar-refractivity contribution in [2.45, 2.75) is 582 Å². The van der Waals surface area contributed by atoms with Crippen LogP contribution in [0.3, 0.4) is 0 Å². The molecule has 0 nitrogen and oxygen atoms in total. The Kier molecular flexibility index (Phi) is 36.8. The molecule has 0 fully saturated rings. The lowest BCUT2D eigenvalue weighted by Gasteiger charge is -2.53. The zero-order valence-electron chi connectivity index (χ0n) is 105. The third kappa shape index (κ3) is 16.9. The summed E-state index contributed by atoms with van der Waals surface area (Å²) in [7, 11) is -26.2. The van der Waals surface area contributed by atoms with Crippen LogP contribution in [-0.4, -0.2) is 94.2 Å². The van der Waals surface area contributed by atoms with Gasteiger partial charge in [0, 0.05) is 0 Å². The molecule has 0 N–H and O–H groups in total. The van der Waals surface area contributed by atoms with Crippen LogP contribution < -0.4 is 84.6 Å². The molecule has 0 spiro atoms. The summed E-state index contributed by atoms with van der Waals surface area (Å²) in [4.78, 5) is 0. The fourth-order valence-electron chi connectivity index (χ4n) is 42.0. The summed E-state index contributed by atoms with van der Waals surface area (Å²) in [6, 6.07) is 42.9. The van der Waals surface area contributed by atoms with Gasteiger partial charge in [0.15, 0.2) is 0 Å². The van der Waals surface area contributed by atoms with Crippen LogP contribution in [0, 0.1) is 0 Å². The fraction of sp³-hybridized carbons (Fsp3) is 0.692. The third-order valence-electron chi connectivity index (χ3n) is 44.5. The minimum Gasteiger partial charge on any atom is -0.0699 e. The van der Waals surface area contributed by atoms with Gasteiger partial charge >= 0.3 is 0 Å². The highest BCUT2D eigenvalue weighted by Crippen LogP contribution is 2.56. The van der Waals surface area contributed by atoms with E-state index in [0.717, 1.165) is 0 Å². The molecule has 0 saturated carbocycles. The predicted molar refractivity (Wildman–Crippen MR) is 690 cm³/mol. The minimum absolute atomic E-state index is 0.0250. The first-order chi connectivity index (χ1) is 65.3. The number of benzene rings is 8. The van der Waals surface area contributed by atoms with E-state index in [4.69, 9.17) is 0 Å². The molecule has 0 unspecified atom stereocenters. The van der Waals surface area contributed by atoms with E-state index >= 15 is 0 Å². The highest BCUT2D eigenvalue weighted by Gasteiger charge is 2.63. The lowest BCUT2D eigenvalue weighted by atomic mass is 9.33. The standard InChI is InChI=1S/C130H224B2Si10/c1-75(2)133(76(3)4,77(5)6)107-67-113-111-65-105-61-64-116-126-112(66-106-62-63-115(125(111)123(106)124(105)126)131(127(113)117(69-107)137(87(25)26,88(27)28)89(29)30)129-119(139(93(37)38,94(39)40)95(41)42)71-109(135(81(13)14,82(15)16)83(17)18)72-120(129)140(96(43)44,97(45)46)98(47)48)114-68-108(134(78(7)8,79(9)10)80(11)12)70-118(138(90(31)32,91(33)34)92(35)36)128(114)132(116)130-121(141(99(49)50,100(51)52)101(53)54)73-110(136(84(19)20,85(21)22)86(23)24)74-122(130)142(102(55)56,103(57)58)104(59)60/h61-104H,1-60H3. The summed E-state index contributed by atoms with van der Waals surface area (Å²) in [6.07, 6.45) is 0. The van der Waals surface area contributed by atoms with E-state index < -0.39 is 80.7 Å². The van der Waals surface area contributed by atoms with E-state index in [9.17, 15) is 0 Å². The second kappa shape index (κ2) is 43.2. The van der Waals surface area contributed by atoms with Crippen molar-refractivity contribution in [2.75, 3.05) is 0 Å². The molecule has 0 radical (unpaired) electrons. The van der Waals surface area contributed by atoms with E-state index in [-0.39, 0.29) is 13.4 Å². The number of fused-ring (bicyclic) bond motifs is 4. The maximum Gasteiger partial charge on any atom is 0.242 e. The summed E-state index contributed by atoms with van der Waals surface area (Å²) in [5.74, 6) is 0.